The van der Waals surface area contributed by atoms with Crippen molar-refractivity contribution in [2.24, 2.45) is 0 Å². The molecule has 1 N–H and O–H groups in total. The third kappa shape index (κ3) is 5.71. The monoisotopic (exact) mass is 576 g/mol. The minimum absolute atomic E-state index is 0.000910. The van der Waals surface area contributed by atoms with E-state index in [0.717, 1.165) is 11.3 Å². The Kier molecular flexibility index (Phi) is 8.88. The van der Waals surface area contributed by atoms with Gasteiger partial charge in [-0.05, 0) is 48.9 Å². The van der Waals surface area contributed by atoms with Crippen molar-refractivity contribution in [1.29, 1.82) is 0 Å². The molecule has 3 aromatic rings. The van der Waals surface area contributed by atoms with Gasteiger partial charge in [0.05, 0.1) is 31.5 Å². The molecule has 212 valence electrons. The number of Topliss-reactive ketones (excluding diaryl/α,β-unsaturated/α-hetero) is 1. The summed E-state index contributed by atoms with van der Waals surface area (Å²) in [6.07, 6.45) is 3.03. The maximum atomic E-state index is 13.5. The molecule has 11 heteroatoms. The smallest absolute Gasteiger partial charge is 0.350 e. The molecule has 1 saturated heterocycles. The average Bonchev–Trinajstić information content (AvgIpc) is 3.50. The van der Waals surface area contributed by atoms with Crippen LogP contribution in [0.1, 0.15) is 32.5 Å². The number of ketones is 1. The molecule has 2 heterocycles. The number of amides is 1. The van der Waals surface area contributed by atoms with E-state index in [-0.39, 0.29) is 27.9 Å². The Morgan fingerprint density at radius 1 is 1.05 bits per heavy atom. The molecule has 1 aromatic heterocycles. The van der Waals surface area contributed by atoms with Crippen molar-refractivity contribution < 1.29 is 38.4 Å². The molecule has 0 radical (unpaired) electrons. The number of hydrogen-bond donors (Lipinski definition) is 1. The summed E-state index contributed by atoms with van der Waals surface area (Å²) in [5.41, 5.74) is 0.897. The Morgan fingerprint density at radius 2 is 1.73 bits per heavy atom. The zero-order valence-electron chi connectivity index (χ0n) is 22.7. The molecule has 0 bridgehead atoms. The van der Waals surface area contributed by atoms with Gasteiger partial charge in [0.25, 0.3) is 5.78 Å². The van der Waals surface area contributed by atoms with Crippen LogP contribution >= 0.6 is 11.3 Å². The molecule has 1 amide bonds. The summed E-state index contributed by atoms with van der Waals surface area (Å²) in [6.45, 7) is 9.04. The first kappa shape index (κ1) is 29.1. The number of anilines is 1. The van der Waals surface area contributed by atoms with Gasteiger partial charge < -0.3 is 24.1 Å². The molecule has 1 unspecified atom stereocenters. The topological polar surface area (TPSA) is 124 Å². The highest BCUT2D eigenvalue weighted by molar-refractivity contribution is 7.17. The van der Waals surface area contributed by atoms with Crippen molar-refractivity contribution in [1.82, 2.24) is 4.98 Å². The number of methoxy groups -OCH3 is 2. The first-order valence-electron chi connectivity index (χ1n) is 12.4. The Morgan fingerprint density at radius 3 is 2.37 bits per heavy atom. The number of aliphatic hydroxyl groups is 1. The second-order valence-electron chi connectivity index (χ2n) is 8.71. The maximum absolute atomic E-state index is 13.5. The van der Waals surface area contributed by atoms with E-state index in [2.05, 4.69) is 18.1 Å². The van der Waals surface area contributed by atoms with E-state index in [1.807, 2.05) is 0 Å². The van der Waals surface area contributed by atoms with Gasteiger partial charge in [-0.25, -0.2) is 9.78 Å². The van der Waals surface area contributed by atoms with Crippen LogP contribution in [0, 0.1) is 6.92 Å². The van der Waals surface area contributed by atoms with Gasteiger partial charge in [0.2, 0.25) is 0 Å². The van der Waals surface area contributed by atoms with Crippen LogP contribution in [0.2, 0.25) is 0 Å². The third-order valence-corrected chi connectivity index (χ3v) is 7.31. The fraction of sp³-hybridized carbons (Fsp3) is 0.200. The summed E-state index contributed by atoms with van der Waals surface area (Å²) in [6, 6.07) is 10.2. The van der Waals surface area contributed by atoms with Crippen LogP contribution in [-0.4, -0.2) is 55.2 Å². The predicted molar refractivity (Wildman–Crippen MR) is 154 cm³/mol. The molecule has 0 saturated carbocycles. The zero-order valence-corrected chi connectivity index (χ0v) is 23.5. The minimum atomic E-state index is -1.10. The number of benzene rings is 2. The number of aliphatic hydroxyl groups excluding tert-OH is 1. The number of nitrogens with zero attached hydrogens (tertiary/aromatic N) is 2. The molecule has 41 heavy (non-hydrogen) atoms. The fourth-order valence-electron chi connectivity index (χ4n) is 4.26. The molecule has 1 aliphatic heterocycles. The zero-order chi connectivity index (χ0) is 29.7. The van der Waals surface area contributed by atoms with Gasteiger partial charge >= 0.3 is 11.9 Å². The van der Waals surface area contributed by atoms with Crippen molar-refractivity contribution in [2.75, 3.05) is 32.3 Å². The number of carbonyl (C=O) groups is 3. The van der Waals surface area contributed by atoms with Crippen LogP contribution in [0.5, 0.6) is 17.2 Å². The summed E-state index contributed by atoms with van der Waals surface area (Å²) < 4.78 is 21.5. The van der Waals surface area contributed by atoms with Crippen LogP contribution in [0.4, 0.5) is 5.13 Å². The molecule has 1 aliphatic rings. The lowest BCUT2D eigenvalue weighted by atomic mass is 9.95. The van der Waals surface area contributed by atoms with Gasteiger partial charge in [-0.3, -0.25) is 14.5 Å². The number of aromatic nitrogens is 1. The van der Waals surface area contributed by atoms with Crippen LogP contribution in [0.3, 0.4) is 0 Å². The van der Waals surface area contributed by atoms with Gasteiger partial charge in [-0.15, -0.1) is 0 Å². The molecular formula is C30H28N2O8S. The molecule has 10 nitrogen and oxygen atoms in total. The first-order chi connectivity index (χ1) is 19.7. The van der Waals surface area contributed by atoms with Gasteiger partial charge in [0.15, 0.2) is 16.6 Å². The summed E-state index contributed by atoms with van der Waals surface area (Å²) >= 11 is 0.904. The summed E-state index contributed by atoms with van der Waals surface area (Å²) in [7, 11) is 2.94. The lowest BCUT2D eigenvalue weighted by Gasteiger charge is -2.23. The van der Waals surface area contributed by atoms with Crippen LogP contribution in [0.25, 0.3) is 5.76 Å². The van der Waals surface area contributed by atoms with Crippen LogP contribution in [0.15, 0.2) is 73.3 Å². The molecule has 0 aliphatic carbocycles. The van der Waals surface area contributed by atoms with Crippen molar-refractivity contribution >= 4 is 39.9 Å². The van der Waals surface area contributed by atoms with Crippen molar-refractivity contribution in [3.8, 4) is 17.2 Å². The van der Waals surface area contributed by atoms with E-state index in [4.69, 9.17) is 18.9 Å². The van der Waals surface area contributed by atoms with Gasteiger partial charge in [0, 0.05) is 5.56 Å². The lowest BCUT2D eigenvalue weighted by Crippen LogP contribution is -2.29. The number of hydrogen-bond acceptors (Lipinski definition) is 10. The third-order valence-electron chi connectivity index (χ3n) is 6.17. The Labute approximate surface area is 240 Å². The Bertz CT molecular complexity index is 1540. The number of thiazole rings is 1. The SMILES string of the molecule is C=CCOC(=O)c1sc(N2C(=O)C(=O)/C(=C(/O)c3ccc(OCC=C)cc3)C2c2ccc(OC)c(OC)c2)nc1C. The van der Waals surface area contributed by atoms with Crippen molar-refractivity contribution in [3.05, 3.63) is 95.0 Å². The number of ether oxygens (including phenoxy) is 4. The molecule has 1 fully saturated rings. The predicted octanol–water partition coefficient (Wildman–Crippen LogP) is 5.00. The van der Waals surface area contributed by atoms with E-state index in [1.54, 1.807) is 55.5 Å². The maximum Gasteiger partial charge on any atom is 0.350 e. The Hall–Kier alpha value is -4.90. The molecular weight excluding hydrogens is 548 g/mol. The van der Waals surface area contributed by atoms with E-state index < -0.39 is 23.7 Å². The second kappa shape index (κ2) is 12.5. The number of rotatable bonds is 11. The summed E-state index contributed by atoms with van der Waals surface area (Å²) in [5.74, 6) is -1.55. The van der Waals surface area contributed by atoms with E-state index in [0.29, 0.717) is 40.7 Å². The lowest BCUT2D eigenvalue weighted by molar-refractivity contribution is -0.132. The average molecular weight is 577 g/mol. The largest absolute Gasteiger partial charge is 0.507 e. The van der Waals surface area contributed by atoms with Crippen LogP contribution in [-0.2, 0) is 14.3 Å². The highest BCUT2D eigenvalue weighted by Gasteiger charge is 2.48. The standard InChI is InChI=1S/C30H28N2O8S/c1-6-14-39-20-11-8-18(9-12-20)25(33)23-24(19-10-13-21(37-4)22(16-19)38-5)32(28(35)26(23)34)30-31-17(3)27(41-30)29(36)40-15-7-2/h6-13,16,24,33H,1-2,14-15H2,3-5H3/b25-23+. The normalized spacial score (nSPS) is 15.9. The van der Waals surface area contributed by atoms with E-state index >= 15 is 0 Å². The van der Waals surface area contributed by atoms with E-state index in [1.165, 1.54) is 25.2 Å². The Balaban J connectivity index is 1.88. The highest BCUT2D eigenvalue weighted by Crippen LogP contribution is 2.45. The number of carbonyl (C=O) groups excluding carboxylic acids is 3. The molecule has 0 spiro atoms. The molecule has 2 aromatic carbocycles. The first-order valence-corrected chi connectivity index (χ1v) is 13.2. The van der Waals surface area contributed by atoms with Gasteiger partial charge in [0.1, 0.15) is 29.6 Å². The second-order valence-corrected chi connectivity index (χ2v) is 9.68. The van der Waals surface area contributed by atoms with Crippen molar-refractivity contribution in [2.45, 2.75) is 13.0 Å². The molecule has 1 atom stereocenters. The van der Waals surface area contributed by atoms with Crippen LogP contribution < -0.4 is 19.1 Å². The molecule has 4 rings (SSSR count). The quantitative estimate of drug-likeness (QED) is 0.110. The van der Waals surface area contributed by atoms with E-state index in [9.17, 15) is 19.5 Å². The van der Waals surface area contributed by atoms with Gasteiger partial charge in [-0.2, -0.15) is 0 Å². The fourth-order valence-corrected chi connectivity index (χ4v) is 5.25. The van der Waals surface area contributed by atoms with Crippen molar-refractivity contribution in [3.63, 3.8) is 0 Å². The van der Waals surface area contributed by atoms with Gasteiger partial charge in [-0.1, -0.05) is 42.7 Å². The number of esters is 1. The number of aryl methyl sites for hydroxylation is 1. The minimum Gasteiger partial charge on any atom is -0.507 e. The summed E-state index contributed by atoms with van der Waals surface area (Å²) in [5, 5.41) is 11.5. The highest BCUT2D eigenvalue weighted by atomic mass is 32.1. The summed E-state index contributed by atoms with van der Waals surface area (Å²) in [4.78, 5) is 45.4.